The number of aryl methyl sites for hydroxylation is 1. The SMILES string of the molecule is CCc1cnc(CNC(=NC)NCc2cccc(OC)n2)s1. The summed E-state index contributed by atoms with van der Waals surface area (Å²) in [7, 11) is 3.35. The van der Waals surface area contributed by atoms with Crippen molar-refractivity contribution in [1.29, 1.82) is 0 Å². The maximum absolute atomic E-state index is 5.11. The van der Waals surface area contributed by atoms with Crippen LogP contribution in [0.5, 0.6) is 5.88 Å². The predicted molar refractivity (Wildman–Crippen MR) is 89.3 cm³/mol. The minimum Gasteiger partial charge on any atom is -0.481 e. The zero-order valence-corrected chi connectivity index (χ0v) is 13.9. The average molecular weight is 319 g/mol. The third kappa shape index (κ3) is 4.70. The van der Waals surface area contributed by atoms with E-state index in [2.05, 4.69) is 32.5 Å². The molecule has 2 N–H and O–H groups in total. The molecule has 0 radical (unpaired) electrons. The highest BCUT2D eigenvalue weighted by Gasteiger charge is 2.03. The van der Waals surface area contributed by atoms with Gasteiger partial charge in [0, 0.05) is 24.2 Å². The highest BCUT2D eigenvalue weighted by Crippen LogP contribution is 2.12. The number of nitrogens with zero attached hydrogens (tertiary/aromatic N) is 3. The quantitative estimate of drug-likeness (QED) is 0.629. The predicted octanol–water partition coefficient (Wildman–Crippen LogP) is 1.97. The van der Waals surface area contributed by atoms with Crippen LogP contribution in [0, 0.1) is 0 Å². The van der Waals surface area contributed by atoms with Crippen molar-refractivity contribution in [2.24, 2.45) is 4.99 Å². The van der Waals surface area contributed by atoms with Crippen molar-refractivity contribution in [3.05, 3.63) is 40.0 Å². The van der Waals surface area contributed by atoms with Crippen LogP contribution >= 0.6 is 11.3 Å². The summed E-state index contributed by atoms with van der Waals surface area (Å²) < 4.78 is 5.11. The highest BCUT2D eigenvalue weighted by molar-refractivity contribution is 7.11. The van der Waals surface area contributed by atoms with E-state index in [-0.39, 0.29) is 0 Å². The largest absolute Gasteiger partial charge is 0.481 e. The summed E-state index contributed by atoms with van der Waals surface area (Å²) in [6.45, 7) is 3.37. The normalized spacial score (nSPS) is 11.3. The van der Waals surface area contributed by atoms with Crippen molar-refractivity contribution >= 4 is 17.3 Å². The van der Waals surface area contributed by atoms with E-state index in [4.69, 9.17) is 4.74 Å². The molecule has 0 aliphatic carbocycles. The van der Waals surface area contributed by atoms with E-state index in [1.54, 1.807) is 25.5 Å². The van der Waals surface area contributed by atoms with Crippen molar-refractivity contribution in [1.82, 2.24) is 20.6 Å². The first kappa shape index (κ1) is 16.2. The molecule has 2 aromatic heterocycles. The summed E-state index contributed by atoms with van der Waals surface area (Å²) in [6, 6.07) is 5.68. The van der Waals surface area contributed by atoms with Gasteiger partial charge in [0.15, 0.2) is 5.96 Å². The zero-order chi connectivity index (χ0) is 15.8. The summed E-state index contributed by atoms with van der Waals surface area (Å²) in [5.41, 5.74) is 0.893. The molecule has 0 fully saturated rings. The van der Waals surface area contributed by atoms with Gasteiger partial charge in [0.1, 0.15) is 5.01 Å². The second kappa shape index (κ2) is 8.33. The van der Waals surface area contributed by atoms with Gasteiger partial charge >= 0.3 is 0 Å². The topological polar surface area (TPSA) is 71.4 Å². The molecule has 0 unspecified atom stereocenters. The molecule has 0 aromatic carbocycles. The van der Waals surface area contributed by atoms with Gasteiger partial charge in [-0.25, -0.2) is 9.97 Å². The van der Waals surface area contributed by atoms with Crippen molar-refractivity contribution in [2.75, 3.05) is 14.2 Å². The fraction of sp³-hybridized carbons (Fsp3) is 0.400. The zero-order valence-electron chi connectivity index (χ0n) is 13.1. The minimum atomic E-state index is 0.578. The lowest BCUT2D eigenvalue weighted by atomic mass is 10.3. The Bertz CT molecular complexity index is 626. The molecule has 0 aliphatic heterocycles. The first-order chi connectivity index (χ1) is 10.7. The first-order valence-electron chi connectivity index (χ1n) is 7.13. The summed E-state index contributed by atoms with van der Waals surface area (Å²) >= 11 is 1.72. The van der Waals surface area contributed by atoms with Crippen molar-refractivity contribution < 1.29 is 4.74 Å². The number of aliphatic imine (C=N–C) groups is 1. The number of guanidine groups is 1. The second-order valence-electron chi connectivity index (χ2n) is 4.52. The molecule has 0 saturated carbocycles. The van der Waals surface area contributed by atoms with Gasteiger partial charge in [-0.1, -0.05) is 13.0 Å². The molecule has 0 amide bonds. The molecule has 0 atom stereocenters. The molecule has 0 saturated heterocycles. The molecule has 7 heteroatoms. The molecule has 0 spiro atoms. The lowest BCUT2D eigenvalue weighted by Crippen LogP contribution is -2.36. The van der Waals surface area contributed by atoms with Crippen LogP contribution in [-0.4, -0.2) is 30.1 Å². The average Bonchev–Trinajstić information content (AvgIpc) is 3.03. The third-order valence-corrected chi connectivity index (χ3v) is 4.15. The lowest BCUT2D eigenvalue weighted by Gasteiger charge is -2.11. The van der Waals surface area contributed by atoms with E-state index in [0.29, 0.717) is 19.0 Å². The van der Waals surface area contributed by atoms with Crippen LogP contribution in [0.4, 0.5) is 0 Å². The van der Waals surface area contributed by atoms with Gasteiger partial charge in [0.05, 0.1) is 25.9 Å². The van der Waals surface area contributed by atoms with Gasteiger partial charge in [-0.05, 0) is 12.5 Å². The number of methoxy groups -OCH3 is 1. The molecular weight excluding hydrogens is 298 g/mol. The summed E-state index contributed by atoms with van der Waals surface area (Å²) in [4.78, 5) is 14.2. The van der Waals surface area contributed by atoms with Crippen LogP contribution in [0.25, 0.3) is 0 Å². The van der Waals surface area contributed by atoms with Gasteiger partial charge in [-0.3, -0.25) is 4.99 Å². The summed E-state index contributed by atoms with van der Waals surface area (Å²) in [5.74, 6) is 1.33. The van der Waals surface area contributed by atoms with Crippen LogP contribution in [0.2, 0.25) is 0 Å². The number of thiazole rings is 1. The highest BCUT2D eigenvalue weighted by atomic mass is 32.1. The summed E-state index contributed by atoms with van der Waals surface area (Å²) in [5, 5.41) is 7.53. The minimum absolute atomic E-state index is 0.578. The van der Waals surface area contributed by atoms with E-state index >= 15 is 0 Å². The number of rotatable bonds is 6. The fourth-order valence-corrected chi connectivity index (χ4v) is 2.62. The van der Waals surface area contributed by atoms with E-state index in [1.807, 2.05) is 24.4 Å². The van der Waals surface area contributed by atoms with E-state index in [1.165, 1.54) is 4.88 Å². The van der Waals surface area contributed by atoms with Gasteiger partial charge in [-0.15, -0.1) is 11.3 Å². The van der Waals surface area contributed by atoms with Crippen LogP contribution in [0.3, 0.4) is 0 Å². The van der Waals surface area contributed by atoms with Gasteiger partial charge in [0.2, 0.25) is 5.88 Å². The van der Waals surface area contributed by atoms with E-state index < -0.39 is 0 Å². The Balaban J connectivity index is 1.84. The number of ether oxygens (including phenoxy) is 1. The van der Waals surface area contributed by atoms with Gasteiger partial charge < -0.3 is 15.4 Å². The number of pyridine rings is 1. The van der Waals surface area contributed by atoms with E-state index in [9.17, 15) is 0 Å². The number of hydrogen-bond donors (Lipinski definition) is 2. The number of hydrogen-bond acceptors (Lipinski definition) is 5. The van der Waals surface area contributed by atoms with Crippen molar-refractivity contribution in [3.63, 3.8) is 0 Å². The smallest absolute Gasteiger partial charge is 0.213 e. The van der Waals surface area contributed by atoms with Crippen molar-refractivity contribution in [2.45, 2.75) is 26.4 Å². The molecule has 22 heavy (non-hydrogen) atoms. The van der Waals surface area contributed by atoms with Crippen LogP contribution in [0.1, 0.15) is 22.5 Å². The first-order valence-corrected chi connectivity index (χ1v) is 7.94. The molecular formula is C15H21N5OS. The van der Waals surface area contributed by atoms with Gasteiger partial charge in [-0.2, -0.15) is 0 Å². The number of aromatic nitrogens is 2. The lowest BCUT2D eigenvalue weighted by molar-refractivity contribution is 0.396. The molecule has 2 rings (SSSR count). The second-order valence-corrected chi connectivity index (χ2v) is 5.72. The monoisotopic (exact) mass is 319 g/mol. The van der Waals surface area contributed by atoms with Crippen LogP contribution in [0.15, 0.2) is 29.4 Å². The third-order valence-electron chi connectivity index (χ3n) is 3.01. The van der Waals surface area contributed by atoms with Crippen LogP contribution < -0.4 is 15.4 Å². The fourth-order valence-electron chi connectivity index (χ4n) is 1.82. The number of nitrogens with one attached hydrogen (secondary N) is 2. The molecule has 6 nitrogen and oxygen atoms in total. The Morgan fingerprint density at radius 2 is 2.14 bits per heavy atom. The summed E-state index contributed by atoms with van der Waals surface area (Å²) in [6.07, 6.45) is 2.95. The Morgan fingerprint density at radius 3 is 2.82 bits per heavy atom. The maximum atomic E-state index is 5.11. The maximum Gasteiger partial charge on any atom is 0.213 e. The van der Waals surface area contributed by atoms with E-state index in [0.717, 1.165) is 23.1 Å². The van der Waals surface area contributed by atoms with Gasteiger partial charge in [0.25, 0.3) is 0 Å². The van der Waals surface area contributed by atoms with Crippen molar-refractivity contribution in [3.8, 4) is 5.88 Å². The van der Waals surface area contributed by atoms with Crippen LogP contribution in [-0.2, 0) is 19.5 Å². The molecule has 0 aliphatic rings. The Labute approximate surface area is 134 Å². The Morgan fingerprint density at radius 1 is 1.32 bits per heavy atom. The standard InChI is InChI=1S/C15H21N5OS/c1-4-12-9-17-14(22-12)10-19-15(16-2)18-8-11-6-5-7-13(20-11)21-3/h5-7,9H,4,8,10H2,1-3H3,(H2,16,18,19). The molecule has 2 heterocycles. The Kier molecular flexibility index (Phi) is 6.14. The molecule has 2 aromatic rings. The Hall–Kier alpha value is -2.15. The molecule has 0 bridgehead atoms. The molecule has 118 valence electrons.